The Morgan fingerprint density at radius 1 is 1.38 bits per heavy atom. The fourth-order valence-corrected chi connectivity index (χ4v) is 5.85. The minimum Gasteiger partial charge on any atom is -0.375 e. The molecule has 1 aliphatic carbocycles. The Labute approximate surface area is 182 Å². The lowest BCUT2D eigenvalue weighted by Gasteiger charge is -2.47. The monoisotopic (exact) mass is 535 g/mol. The molecule has 1 N–H and O–H groups in total. The van der Waals surface area contributed by atoms with E-state index in [0.29, 0.717) is 34.2 Å². The van der Waals surface area contributed by atoms with E-state index in [4.69, 9.17) is 4.74 Å². The molecule has 0 bridgehead atoms. The van der Waals surface area contributed by atoms with Crippen molar-refractivity contribution in [2.75, 3.05) is 31.6 Å². The quantitative estimate of drug-likeness (QED) is 0.476. The van der Waals surface area contributed by atoms with Gasteiger partial charge in [0.15, 0.2) is 5.54 Å². The molecule has 0 amide bonds. The van der Waals surface area contributed by atoms with Gasteiger partial charge in [-0.1, -0.05) is 6.07 Å². The van der Waals surface area contributed by atoms with Gasteiger partial charge < -0.3 is 10.1 Å². The van der Waals surface area contributed by atoms with E-state index >= 15 is 0 Å². The van der Waals surface area contributed by atoms with Gasteiger partial charge in [0.25, 0.3) is 0 Å². The number of fused-ring (bicyclic) bond motifs is 2. The number of likely N-dealkylation sites (tertiary alicyclic amines) is 1. The number of nitriles is 1. The van der Waals surface area contributed by atoms with Gasteiger partial charge in [0.1, 0.15) is 9.52 Å². The third kappa shape index (κ3) is 3.28. The molecular weight excluding hydrogens is 518 g/mol. The Morgan fingerprint density at radius 3 is 2.79 bits per heavy atom. The number of nitrogens with zero attached hydrogens (tertiary/aromatic N) is 4. The number of nitrogens with one attached hydrogen (secondary N) is 1. The van der Waals surface area contributed by atoms with Gasteiger partial charge in [-0.2, -0.15) is 23.5 Å². The molecule has 5 rings (SSSR count). The molecule has 2 aromatic heterocycles. The van der Waals surface area contributed by atoms with Crippen LogP contribution in [-0.2, 0) is 4.74 Å². The molecule has 0 radical (unpaired) electrons. The number of thioether (sulfide) groups is 1. The summed E-state index contributed by atoms with van der Waals surface area (Å²) in [6.07, 6.45) is 1.85. The number of rotatable bonds is 4. The molecule has 2 saturated heterocycles. The highest BCUT2D eigenvalue weighted by Crippen LogP contribution is 2.53. The first kappa shape index (κ1) is 19.7. The molecule has 2 unspecified atom stereocenters. The van der Waals surface area contributed by atoms with E-state index < -0.39 is 11.0 Å². The Morgan fingerprint density at radius 2 is 2.17 bits per heavy atom. The zero-order valence-corrected chi connectivity index (χ0v) is 18.1. The van der Waals surface area contributed by atoms with E-state index in [2.05, 4.69) is 21.4 Å². The molecule has 1 saturated carbocycles. The molecular formula is C18H17F3IN5OS. The molecule has 6 nitrogen and oxygen atoms in total. The van der Waals surface area contributed by atoms with Crippen molar-refractivity contribution in [1.29, 1.82) is 5.26 Å². The summed E-state index contributed by atoms with van der Waals surface area (Å²) in [7, 11) is 0. The summed E-state index contributed by atoms with van der Waals surface area (Å²) in [5.74, 6) is 1.10. The van der Waals surface area contributed by atoms with Crippen molar-refractivity contribution < 1.29 is 17.9 Å². The summed E-state index contributed by atoms with van der Waals surface area (Å²) < 4.78 is 46.0. The minimum atomic E-state index is -4.36. The average molecular weight is 535 g/mol. The van der Waals surface area contributed by atoms with Crippen LogP contribution in [0.25, 0.3) is 5.52 Å². The van der Waals surface area contributed by atoms with Crippen LogP contribution in [0.5, 0.6) is 0 Å². The number of hydrogen-bond acceptors (Lipinski definition) is 6. The molecule has 3 aliphatic rings. The summed E-state index contributed by atoms with van der Waals surface area (Å²) in [5.41, 5.74) is -4.48. The van der Waals surface area contributed by atoms with Crippen LogP contribution < -0.4 is 5.32 Å². The largest absolute Gasteiger partial charge is 0.446 e. The van der Waals surface area contributed by atoms with Crippen molar-refractivity contribution in [2.45, 2.75) is 34.3 Å². The third-order valence-corrected chi connectivity index (χ3v) is 8.12. The maximum atomic E-state index is 12.9. The molecule has 4 heterocycles. The first-order valence-electron chi connectivity index (χ1n) is 9.21. The van der Waals surface area contributed by atoms with Crippen molar-refractivity contribution in [3.05, 3.63) is 21.9 Å². The Kier molecular flexibility index (Phi) is 4.51. The molecule has 11 heteroatoms. The Balaban J connectivity index is 1.37. The van der Waals surface area contributed by atoms with Gasteiger partial charge >= 0.3 is 5.51 Å². The van der Waals surface area contributed by atoms with Crippen molar-refractivity contribution in [3.8, 4) is 6.07 Å². The first-order chi connectivity index (χ1) is 13.8. The predicted octanol–water partition coefficient (Wildman–Crippen LogP) is 3.72. The molecule has 29 heavy (non-hydrogen) atoms. The highest BCUT2D eigenvalue weighted by molar-refractivity contribution is 14.1. The van der Waals surface area contributed by atoms with Crippen LogP contribution in [0.1, 0.15) is 12.8 Å². The van der Waals surface area contributed by atoms with Crippen molar-refractivity contribution in [1.82, 2.24) is 14.5 Å². The van der Waals surface area contributed by atoms with E-state index in [-0.39, 0.29) is 22.2 Å². The zero-order chi connectivity index (χ0) is 20.4. The number of halogens is 4. The number of ether oxygens (including phenoxy) is 1. The SMILES string of the molecule is N#CC1(N2CCC3(Nc4cccc5c(SC(F)(F)F)c(I)nn45)CC3C2)COC1. The number of pyridine rings is 1. The van der Waals surface area contributed by atoms with Crippen LogP contribution >= 0.6 is 34.4 Å². The average Bonchev–Trinajstić information content (AvgIpc) is 3.24. The van der Waals surface area contributed by atoms with E-state index in [1.165, 1.54) is 0 Å². The zero-order valence-electron chi connectivity index (χ0n) is 15.2. The first-order valence-corrected chi connectivity index (χ1v) is 11.1. The highest BCUT2D eigenvalue weighted by atomic mass is 127. The third-order valence-electron chi connectivity index (χ3n) is 6.16. The molecule has 154 valence electrons. The summed E-state index contributed by atoms with van der Waals surface area (Å²) in [6.45, 7) is 2.54. The second-order valence-electron chi connectivity index (χ2n) is 7.89. The molecule has 2 atom stereocenters. The molecule has 3 fully saturated rings. The lowest BCUT2D eigenvalue weighted by Crippen LogP contribution is -2.63. The Bertz CT molecular complexity index is 1020. The fourth-order valence-electron chi connectivity index (χ4n) is 4.42. The predicted molar refractivity (Wildman–Crippen MR) is 110 cm³/mol. The lowest BCUT2D eigenvalue weighted by molar-refractivity contribution is -0.114. The van der Waals surface area contributed by atoms with Gasteiger partial charge in [0.05, 0.1) is 29.7 Å². The lowest BCUT2D eigenvalue weighted by atomic mass is 9.92. The Hall–Kier alpha value is -1.23. The van der Waals surface area contributed by atoms with Gasteiger partial charge in [0, 0.05) is 18.6 Å². The summed E-state index contributed by atoms with van der Waals surface area (Å²) >= 11 is 1.73. The summed E-state index contributed by atoms with van der Waals surface area (Å²) in [5, 5.41) is 17.5. The maximum absolute atomic E-state index is 12.9. The molecule has 2 aliphatic heterocycles. The summed E-state index contributed by atoms with van der Waals surface area (Å²) in [4.78, 5) is 2.35. The number of piperidine rings is 1. The standard InChI is InChI=1S/C18H17F3IN5OS/c19-18(20,21)29-14-12-2-1-3-13(27(12)25-15(14)22)24-17-4-5-26(7-11(17)6-17)16(8-23)9-28-10-16/h1-3,11,24H,4-7,9-10H2. The van der Waals surface area contributed by atoms with Crippen LogP contribution in [0.4, 0.5) is 19.0 Å². The number of aromatic nitrogens is 2. The number of anilines is 1. The van der Waals surface area contributed by atoms with Gasteiger partial charge in [0.2, 0.25) is 0 Å². The second kappa shape index (κ2) is 6.63. The van der Waals surface area contributed by atoms with Gasteiger partial charge in [-0.15, -0.1) is 0 Å². The van der Waals surface area contributed by atoms with E-state index in [9.17, 15) is 18.4 Å². The minimum absolute atomic E-state index is 0.0826. The van der Waals surface area contributed by atoms with Crippen LogP contribution in [0.15, 0.2) is 23.1 Å². The number of hydrogen-bond donors (Lipinski definition) is 1. The van der Waals surface area contributed by atoms with E-state index in [1.807, 2.05) is 28.7 Å². The van der Waals surface area contributed by atoms with E-state index in [0.717, 1.165) is 25.9 Å². The topological polar surface area (TPSA) is 65.6 Å². The van der Waals surface area contributed by atoms with Crippen LogP contribution in [-0.4, -0.2) is 57.4 Å². The van der Waals surface area contributed by atoms with Crippen molar-refractivity contribution in [2.24, 2.45) is 5.92 Å². The van der Waals surface area contributed by atoms with Gasteiger partial charge in [-0.3, -0.25) is 4.90 Å². The van der Waals surface area contributed by atoms with Crippen molar-refractivity contribution >= 4 is 45.7 Å². The van der Waals surface area contributed by atoms with Crippen LogP contribution in [0.3, 0.4) is 0 Å². The summed E-state index contributed by atoms with van der Waals surface area (Å²) in [6, 6.07) is 7.68. The van der Waals surface area contributed by atoms with Crippen LogP contribution in [0.2, 0.25) is 0 Å². The maximum Gasteiger partial charge on any atom is 0.446 e. The highest BCUT2D eigenvalue weighted by Gasteiger charge is 2.60. The van der Waals surface area contributed by atoms with Crippen molar-refractivity contribution in [3.63, 3.8) is 0 Å². The molecule has 0 aromatic carbocycles. The second-order valence-corrected chi connectivity index (χ2v) is 9.99. The number of alkyl halides is 3. The smallest absolute Gasteiger partial charge is 0.375 e. The normalized spacial score (nSPS) is 28.4. The van der Waals surface area contributed by atoms with Gasteiger partial charge in [-0.05, 0) is 65.2 Å². The van der Waals surface area contributed by atoms with Gasteiger partial charge in [-0.25, -0.2) is 4.52 Å². The van der Waals surface area contributed by atoms with E-state index in [1.54, 1.807) is 16.6 Å². The fraction of sp³-hybridized carbons (Fsp3) is 0.556. The van der Waals surface area contributed by atoms with Crippen LogP contribution in [0, 0.1) is 20.9 Å². The molecule has 2 aromatic rings. The molecule has 0 spiro atoms.